The monoisotopic (exact) mass is 400 g/mol. The van der Waals surface area contributed by atoms with E-state index in [0.29, 0.717) is 13.1 Å². The Morgan fingerprint density at radius 3 is 2.47 bits per heavy atom. The standard InChI is InChI=1S/C23H24N6O/c1-17-22(18(2)29(27-17)16-19-7-4-3-5-8-19)15-24-23(30)26-20-9-11-21(12-10-20)28-14-6-13-25-28/h3-14H,15-16H2,1-2H3,(H2,24,26,30). The van der Waals surface area contributed by atoms with Gasteiger partial charge in [0.15, 0.2) is 0 Å². The number of carbonyl (C=O) groups excluding carboxylic acids is 1. The lowest BCUT2D eigenvalue weighted by Gasteiger charge is -2.09. The molecule has 2 N–H and O–H groups in total. The van der Waals surface area contributed by atoms with Crippen LogP contribution in [0, 0.1) is 13.8 Å². The van der Waals surface area contributed by atoms with E-state index in [2.05, 4.69) is 33.0 Å². The molecular weight excluding hydrogens is 376 g/mol. The molecule has 2 heterocycles. The van der Waals surface area contributed by atoms with Crippen LogP contribution in [0.1, 0.15) is 22.5 Å². The Labute approximate surface area is 175 Å². The molecule has 0 atom stereocenters. The van der Waals surface area contributed by atoms with E-state index in [1.807, 2.05) is 73.3 Å². The van der Waals surface area contributed by atoms with Crippen LogP contribution in [0.15, 0.2) is 73.1 Å². The maximum atomic E-state index is 12.4. The molecule has 2 aromatic carbocycles. The number of carbonyl (C=O) groups is 1. The van der Waals surface area contributed by atoms with Crippen LogP contribution < -0.4 is 10.6 Å². The number of hydrogen-bond donors (Lipinski definition) is 2. The zero-order valence-electron chi connectivity index (χ0n) is 17.0. The Kier molecular flexibility index (Phi) is 5.61. The van der Waals surface area contributed by atoms with Crippen LogP contribution in [0.5, 0.6) is 0 Å². The van der Waals surface area contributed by atoms with Crippen molar-refractivity contribution in [3.63, 3.8) is 0 Å². The van der Waals surface area contributed by atoms with Gasteiger partial charge in [-0.3, -0.25) is 4.68 Å². The minimum atomic E-state index is -0.253. The number of rotatable bonds is 6. The molecule has 0 saturated carbocycles. The highest BCUT2D eigenvalue weighted by Crippen LogP contribution is 2.15. The zero-order valence-corrected chi connectivity index (χ0v) is 17.0. The molecular formula is C23H24N6O. The number of aromatic nitrogens is 4. The van der Waals surface area contributed by atoms with Gasteiger partial charge in [0.05, 0.1) is 17.9 Å². The molecule has 0 bridgehead atoms. The summed E-state index contributed by atoms with van der Waals surface area (Å²) in [6, 6.07) is 19.3. The van der Waals surface area contributed by atoms with Gasteiger partial charge in [0.2, 0.25) is 0 Å². The maximum Gasteiger partial charge on any atom is 0.319 e. The first-order valence-electron chi connectivity index (χ1n) is 9.82. The Hall–Kier alpha value is -3.87. The Bertz CT molecular complexity index is 1110. The number of hydrogen-bond acceptors (Lipinski definition) is 3. The number of urea groups is 1. The molecule has 152 valence electrons. The molecule has 0 spiro atoms. The SMILES string of the molecule is Cc1nn(Cc2ccccc2)c(C)c1CNC(=O)Nc1ccc(-n2cccn2)cc1. The van der Waals surface area contributed by atoms with Crippen LogP contribution >= 0.6 is 0 Å². The number of benzene rings is 2. The third-order valence-electron chi connectivity index (χ3n) is 5.03. The van der Waals surface area contributed by atoms with E-state index in [9.17, 15) is 4.79 Å². The van der Waals surface area contributed by atoms with E-state index in [4.69, 9.17) is 0 Å². The normalized spacial score (nSPS) is 10.7. The second-order valence-electron chi connectivity index (χ2n) is 7.10. The third kappa shape index (κ3) is 4.41. The molecule has 0 aliphatic rings. The summed E-state index contributed by atoms with van der Waals surface area (Å²) in [6.45, 7) is 5.13. The minimum Gasteiger partial charge on any atom is -0.334 e. The van der Waals surface area contributed by atoms with Crippen molar-refractivity contribution in [1.82, 2.24) is 24.9 Å². The van der Waals surface area contributed by atoms with Crippen LogP contribution in [0.3, 0.4) is 0 Å². The molecule has 0 saturated heterocycles. The molecule has 2 amide bonds. The van der Waals surface area contributed by atoms with Gasteiger partial charge in [0.1, 0.15) is 0 Å². The summed E-state index contributed by atoms with van der Waals surface area (Å²) in [5, 5.41) is 14.6. The fraction of sp³-hybridized carbons (Fsp3) is 0.174. The summed E-state index contributed by atoms with van der Waals surface area (Å²) in [7, 11) is 0. The van der Waals surface area contributed by atoms with Crippen molar-refractivity contribution in [3.8, 4) is 5.69 Å². The van der Waals surface area contributed by atoms with Crippen molar-refractivity contribution < 1.29 is 4.79 Å². The molecule has 0 aliphatic carbocycles. The summed E-state index contributed by atoms with van der Waals surface area (Å²) in [6.07, 6.45) is 3.60. The molecule has 30 heavy (non-hydrogen) atoms. The van der Waals surface area contributed by atoms with Crippen LogP contribution in [0.2, 0.25) is 0 Å². The Morgan fingerprint density at radius 1 is 1.00 bits per heavy atom. The highest BCUT2D eigenvalue weighted by Gasteiger charge is 2.13. The Balaban J connectivity index is 1.36. The summed E-state index contributed by atoms with van der Waals surface area (Å²) < 4.78 is 3.75. The minimum absolute atomic E-state index is 0.253. The predicted octanol–water partition coefficient (Wildman–Crippen LogP) is 4.06. The van der Waals surface area contributed by atoms with Gasteiger partial charge in [-0.2, -0.15) is 10.2 Å². The quantitative estimate of drug-likeness (QED) is 0.512. The van der Waals surface area contributed by atoms with Gasteiger partial charge < -0.3 is 10.6 Å². The van der Waals surface area contributed by atoms with Crippen molar-refractivity contribution in [1.29, 1.82) is 0 Å². The molecule has 7 heteroatoms. The summed E-state index contributed by atoms with van der Waals surface area (Å²) in [5.74, 6) is 0. The largest absolute Gasteiger partial charge is 0.334 e. The number of nitrogens with one attached hydrogen (secondary N) is 2. The topological polar surface area (TPSA) is 76.8 Å². The average Bonchev–Trinajstić information content (AvgIpc) is 3.37. The highest BCUT2D eigenvalue weighted by atomic mass is 16.2. The van der Waals surface area contributed by atoms with E-state index in [0.717, 1.165) is 28.3 Å². The molecule has 0 radical (unpaired) electrons. The van der Waals surface area contributed by atoms with E-state index in [1.54, 1.807) is 10.9 Å². The lowest BCUT2D eigenvalue weighted by Crippen LogP contribution is -2.28. The second kappa shape index (κ2) is 8.65. The van der Waals surface area contributed by atoms with Gasteiger partial charge in [0.25, 0.3) is 0 Å². The van der Waals surface area contributed by atoms with Crippen molar-refractivity contribution >= 4 is 11.7 Å². The lowest BCUT2D eigenvalue weighted by molar-refractivity contribution is 0.251. The molecule has 0 aliphatic heterocycles. The van der Waals surface area contributed by atoms with Crippen LogP contribution in [0.4, 0.5) is 10.5 Å². The first-order chi connectivity index (χ1) is 14.6. The number of nitrogens with zero attached hydrogens (tertiary/aromatic N) is 4. The fourth-order valence-electron chi connectivity index (χ4n) is 3.36. The first kappa shape index (κ1) is 19.4. The zero-order chi connectivity index (χ0) is 20.9. The van der Waals surface area contributed by atoms with E-state index in [-0.39, 0.29) is 6.03 Å². The number of aryl methyl sites for hydroxylation is 1. The van der Waals surface area contributed by atoms with Crippen LogP contribution in [0.25, 0.3) is 5.69 Å². The van der Waals surface area contributed by atoms with E-state index < -0.39 is 0 Å². The average molecular weight is 400 g/mol. The van der Waals surface area contributed by atoms with Gasteiger partial charge >= 0.3 is 6.03 Å². The third-order valence-corrected chi connectivity index (χ3v) is 5.03. The van der Waals surface area contributed by atoms with Crippen molar-refractivity contribution in [2.24, 2.45) is 0 Å². The van der Waals surface area contributed by atoms with Crippen molar-refractivity contribution in [2.75, 3.05) is 5.32 Å². The molecule has 4 rings (SSSR count). The molecule has 7 nitrogen and oxygen atoms in total. The van der Waals surface area contributed by atoms with Gasteiger partial charge in [-0.15, -0.1) is 0 Å². The van der Waals surface area contributed by atoms with E-state index in [1.165, 1.54) is 5.56 Å². The second-order valence-corrected chi connectivity index (χ2v) is 7.10. The Morgan fingerprint density at radius 2 is 1.77 bits per heavy atom. The van der Waals surface area contributed by atoms with Gasteiger partial charge in [-0.05, 0) is 49.7 Å². The molecule has 2 aromatic heterocycles. The maximum absolute atomic E-state index is 12.4. The molecule has 0 unspecified atom stereocenters. The molecule has 4 aromatic rings. The smallest absolute Gasteiger partial charge is 0.319 e. The van der Waals surface area contributed by atoms with Gasteiger partial charge in [-0.1, -0.05) is 30.3 Å². The van der Waals surface area contributed by atoms with Gasteiger partial charge in [-0.25, -0.2) is 9.48 Å². The summed E-state index contributed by atoms with van der Waals surface area (Å²) in [4.78, 5) is 12.4. The lowest BCUT2D eigenvalue weighted by atomic mass is 10.2. The summed E-state index contributed by atoms with van der Waals surface area (Å²) >= 11 is 0. The number of anilines is 1. The predicted molar refractivity (Wildman–Crippen MR) is 117 cm³/mol. The van der Waals surface area contributed by atoms with Crippen LogP contribution in [-0.4, -0.2) is 25.6 Å². The van der Waals surface area contributed by atoms with Gasteiger partial charge in [0, 0.05) is 35.9 Å². The summed E-state index contributed by atoms with van der Waals surface area (Å²) in [5.41, 5.74) is 5.86. The van der Waals surface area contributed by atoms with Crippen LogP contribution in [-0.2, 0) is 13.1 Å². The van der Waals surface area contributed by atoms with Crippen molar-refractivity contribution in [3.05, 3.63) is 95.6 Å². The highest BCUT2D eigenvalue weighted by molar-refractivity contribution is 5.89. The molecule has 0 fully saturated rings. The first-order valence-corrected chi connectivity index (χ1v) is 9.82. The fourth-order valence-corrected chi connectivity index (χ4v) is 3.36. The van der Waals surface area contributed by atoms with E-state index >= 15 is 0 Å². The number of amides is 2. The van der Waals surface area contributed by atoms with Crippen molar-refractivity contribution in [2.45, 2.75) is 26.9 Å².